The minimum absolute atomic E-state index is 0.0659. The number of oxime groups is 1. The summed E-state index contributed by atoms with van der Waals surface area (Å²) in [6, 6.07) is 20.7. The summed E-state index contributed by atoms with van der Waals surface area (Å²) in [6.45, 7) is 0.942. The average molecular weight is 421 g/mol. The van der Waals surface area contributed by atoms with Gasteiger partial charge < -0.3 is 9.74 Å². The van der Waals surface area contributed by atoms with Gasteiger partial charge in [0.2, 0.25) is 0 Å². The highest BCUT2D eigenvalue weighted by Crippen LogP contribution is 2.24. The molecule has 0 saturated carbocycles. The zero-order valence-electron chi connectivity index (χ0n) is 16.3. The van der Waals surface area contributed by atoms with Crippen LogP contribution in [0.2, 0.25) is 5.02 Å². The molecule has 0 bridgehead atoms. The van der Waals surface area contributed by atoms with Crippen LogP contribution >= 0.6 is 11.6 Å². The highest BCUT2D eigenvalue weighted by Gasteiger charge is 2.30. The standard InChI is InChI=1S/C24H21ClN2O3/c25-22-13-4-2-8-18(22)15-26-30-24(29)19-10-6-14-27(16-19)23(28)21-12-5-9-17-7-1-3-11-20(17)21/h1-5,7-9,11-13,15,19H,6,10,14,16H2. The van der Waals surface area contributed by atoms with E-state index in [1.807, 2.05) is 54.6 Å². The lowest BCUT2D eigenvalue weighted by Gasteiger charge is -2.31. The number of benzene rings is 3. The third-order valence-corrected chi connectivity index (χ3v) is 5.65. The molecule has 1 amide bonds. The third-order valence-electron chi connectivity index (χ3n) is 5.30. The van der Waals surface area contributed by atoms with Gasteiger partial charge in [0, 0.05) is 29.2 Å². The summed E-state index contributed by atoms with van der Waals surface area (Å²) in [5.41, 5.74) is 1.32. The number of piperidine rings is 1. The Bertz CT molecular complexity index is 1110. The van der Waals surface area contributed by atoms with E-state index in [0.29, 0.717) is 35.7 Å². The second-order valence-corrected chi connectivity index (χ2v) is 7.69. The Morgan fingerprint density at radius 1 is 1.03 bits per heavy atom. The zero-order chi connectivity index (χ0) is 20.9. The molecule has 152 valence electrons. The molecule has 0 N–H and O–H groups in total. The maximum absolute atomic E-state index is 13.1. The molecule has 1 unspecified atom stereocenters. The van der Waals surface area contributed by atoms with E-state index >= 15 is 0 Å². The maximum atomic E-state index is 13.1. The van der Waals surface area contributed by atoms with Crippen LogP contribution in [0.5, 0.6) is 0 Å². The van der Waals surface area contributed by atoms with E-state index in [1.54, 1.807) is 17.0 Å². The summed E-state index contributed by atoms with van der Waals surface area (Å²) in [4.78, 5) is 32.4. The van der Waals surface area contributed by atoms with Crippen LogP contribution in [0.25, 0.3) is 10.8 Å². The molecule has 6 heteroatoms. The van der Waals surface area contributed by atoms with Gasteiger partial charge in [0.05, 0.1) is 12.1 Å². The van der Waals surface area contributed by atoms with Gasteiger partial charge in [-0.2, -0.15) is 0 Å². The van der Waals surface area contributed by atoms with Gasteiger partial charge in [0.1, 0.15) is 0 Å². The van der Waals surface area contributed by atoms with E-state index in [4.69, 9.17) is 16.4 Å². The van der Waals surface area contributed by atoms with Crippen molar-refractivity contribution in [3.63, 3.8) is 0 Å². The predicted octanol–water partition coefficient (Wildman–Crippen LogP) is 4.92. The van der Waals surface area contributed by atoms with Crippen molar-refractivity contribution in [2.24, 2.45) is 11.1 Å². The first-order valence-electron chi connectivity index (χ1n) is 9.89. The molecule has 3 aromatic rings. The zero-order valence-corrected chi connectivity index (χ0v) is 17.1. The quantitative estimate of drug-likeness (QED) is 0.342. The molecule has 1 atom stereocenters. The van der Waals surface area contributed by atoms with Gasteiger partial charge in [-0.05, 0) is 35.7 Å². The molecule has 1 heterocycles. The van der Waals surface area contributed by atoms with Crippen LogP contribution in [0.3, 0.4) is 0 Å². The molecule has 1 fully saturated rings. The summed E-state index contributed by atoms with van der Waals surface area (Å²) in [7, 11) is 0. The first-order valence-corrected chi connectivity index (χ1v) is 10.3. The van der Waals surface area contributed by atoms with Gasteiger partial charge >= 0.3 is 5.97 Å². The van der Waals surface area contributed by atoms with E-state index in [9.17, 15) is 9.59 Å². The predicted molar refractivity (Wildman–Crippen MR) is 118 cm³/mol. The van der Waals surface area contributed by atoms with Crippen LogP contribution < -0.4 is 0 Å². The number of amides is 1. The summed E-state index contributed by atoms with van der Waals surface area (Å²) in [5, 5.41) is 6.25. The SMILES string of the molecule is O=C(ON=Cc1ccccc1Cl)C1CCCN(C(=O)c2cccc3ccccc23)C1. The lowest BCUT2D eigenvalue weighted by atomic mass is 9.96. The van der Waals surface area contributed by atoms with Crippen molar-refractivity contribution in [2.75, 3.05) is 13.1 Å². The number of nitrogens with zero attached hydrogens (tertiary/aromatic N) is 2. The molecule has 1 saturated heterocycles. The summed E-state index contributed by atoms with van der Waals surface area (Å²) in [6.07, 6.45) is 2.83. The molecule has 4 rings (SSSR count). The number of carbonyl (C=O) groups excluding carboxylic acids is 2. The molecule has 1 aliphatic rings. The van der Waals surface area contributed by atoms with Crippen molar-refractivity contribution in [1.82, 2.24) is 4.90 Å². The average Bonchev–Trinajstić information content (AvgIpc) is 2.79. The Morgan fingerprint density at radius 3 is 2.67 bits per heavy atom. The molecular weight excluding hydrogens is 400 g/mol. The highest BCUT2D eigenvalue weighted by molar-refractivity contribution is 6.33. The van der Waals surface area contributed by atoms with Gasteiger partial charge in [-0.15, -0.1) is 0 Å². The Morgan fingerprint density at radius 2 is 1.80 bits per heavy atom. The molecule has 5 nitrogen and oxygen atoms in total. The normalized spacial score (nSPS) is 16.7. The van der Waals surface area contributed by atoms with Crippen LogP contribution in [-0.4, -0.2) is 36.1 Å². The van der Waals surface area contributed by atoms with E-state index in [2.05, 4.69) is 5.16 Å². The van der Waals surface area contributed by atoms with Gasteiger partial charge in [0.25, 0.3) is 5.91 Å². The highest BCUT2D eigenvalue weighted by atomic mass is 35.5. The molecule has 0 aromatic heterocycles. The van der Waals surface area contributed by atoms with E-state index < -0.39 is 11.9 Å². The van der Waals surface area contributed by atoms with Crippen molar-refractivity contribution >= 4 is 40.5 Å². The van der Waals surface area contributed by atoms with E-state index in [-0.39, 0.29) is 5.91 Å². The molecule has 1 aliphatic heterocycles. The van der Waals surface area contributed by atoms with Gasteiger partial charge in [-0.25, -0.2) is 4.79 Å². The van der Waals surface area contributed by atoms with Crippen LogP contribution in [0.4, 0.5) is 0 Å². The molecule has 0 aliphatic carbocycles. The smallest absolute Gasteiger partial charge is 0.338 e. The summed E-state index contributed by atoms with van der Waals surface area (Å²) < 4.78 is 0. The van der Waals surface area contributed by atoms with Gasteiger partial charge in [-0.1, -0.05) is 71.4 Å². The second kappa shape index (κ2) is 9.09. The number of hydrogen-bond donors (Lipinski definition) is 0. The lowest BCUT2D eigenvalue weighted by molar-refractivity contribution is -0.150. The largest absolute Gasteiger partial charge is 0.339 e. The molecule has 0 spiro atoms. The van der Waals surface area contributed by atoms with Crippen molar-refractivity contribution in [3.8, 4) is 0 Å². The maximum Gasteiger partial charge on any atom is 0.339 e. The van der Waals surface area contributed by atoms with Crippen molar-refractivity contribution in [1.29, 1.82) is 0 Å². The van der Waals surface area contributed by atoms with Gasteiger partial charge in [-0.3, -0.25) is 4.79 Å². The first kappa shape index (κ1) is 20.1. The Balaban J connectivity index is 1.43. The Hall–Kier alpha value is -3.18. The fraction of sp³-hybridized carbons (Fsp3) is 0.208. The second-order valence-electron chi connectivity index (χ2n) is 7.28. The summed E-state index contributed by atoms with van der Waals surface area (Å²) in [5.74, 6) is -0.904. The number of carbonyl (C=O) groups is 2. The van der Waals surface area contributed by atoms with Crippen molar-refractivity contribution < 1.29 is 14.4 Å². The van der Waals surface area contributed by atoms with E-state index in [0.717, 1.165) is 17.2 Å². The lowest BCUT2D eigenvalue weighted by Crippen LogP contribution is -2.42. The number of rotatable bonds is 4. The van der Waals surface area contributed by atoms with Crippen LogP contribution in [0.1, 0.15) is 28.8 Å². The fourth-order valence-corrected chi connectivity index (χ4v) is 3.91. The van der Waals surface area contributed by atoms with Crippen LogP contribution in [-0.2, 0) is 9.63 Å². The Labute approximate surface area is 179 Å². The van der Waals surface area contributed by atoms with E-state index in [1.165, 1.54) is 6.21 Å². The number of halogens is 1. The van der Waals surface area contributed by atoms with Crippen molar-refractivity contribution in [2.45, 2.75) is 12.8 Å². The van der Waals surface area contributed by atoms with Crippen LogP contribution in [0, 0.1) is 5.92 Å². The molecule has 0 radical (unpaired) electrons. The monoisotopic (exact) mass is 420 g/mol. The molecule has 3 aromatic carbocycles. The molecule has 30 heavy (non-hydrogen) atoms. The number of hydrogen-bond acceptors (Lipinski definition) is 4. The minimum Gasteiger partial charge on any atom is -0.338 e. The number of fused-ring (bicyclic) bond motifs is 1. The fourth-order valence-electron chi connectivity index (χ4n) is 3.73. The van der Waals surface area contributed by atoms with Crippen LogP contribution in [0.15, 0.2) is 71.9 Å². The summed E-state index contributed by atoms with van der Waals surface area (Å²) >= 11 is 6.07. The number of likely N-dealkylation sites (tertiary alicyclic amines) is 1. The molecular formula is C24H21ClN2O3. The van der Waals surface area contributed by atoms with Crippen molar-refractivity contribution in [3.05, 3.63) is 82.9 Å². The topological polar surface area (TPSA) is 59.0 Å². The first-order chi connectivity index (χ1) is 14.6. The minimum atomic E-state index is -0.436. The third kappa shape index (κ3) is 4.36. The Kier molecular flexibility index (Phi) is 6.10. The van der Waals surface area contributed by atoms with Gasteiger partial charge in [0.15, 0.2) is 0 Å².